The second-order valence-corrected chi connectivity index (χ2v) is 18.5. The van der Waals surface area contributed by atoms with Gasteiger partial charge in [-0.25, -0.2) is 4.98 Å². The third-order valence-electron chi connectivity index (χ3n) is 12.5. The van der Waals surface area contributed by atoms with Crippen LogP contribution >= 0.6 is 0 Å². The van der Waals surface area contributed by atoms with Crippen molar-refractivity contribution in [3.05, 3.63) is 185 Å². The van der Waals surface area contributed by atoms with E-state index >= 15 is 0 Å². The molecule has 0 atom stereocenters. The Hall–Kier alpha value is -6.72. The van der Waals surface area contributed by atoms with Crippen molar-refractivity contribution in [2.24, 2.45) is 0 Å². The van der Waals surface area contributed by atoms with Crippen LogP contribution in [-0.4, -0.2) is 14.1 Å². The van der Waals surface area contributed by atoms with Crippen molar-refractivity contribution in [2.45, 2.75) is 142 Å². The molecule has 5 nitrogen and oxygen atoms in total. The van der Waals surface area contributed by atoms with E-state index in [2.05, 4.69) is 6.33 Å². The molecule has 0 radical (unpaired) electrons. The fourth-order valence-corrected chi connectivity index (χ4v) is 8.87. The molecule has 6 aromatic carbocycles. The number of nitrogens with zero attached hydrogens (tertiary/aromatic N) is 4. The van der Waals surface area contributed by atoms with E-state index in [4.69, 9.17) is 42.6 Å². The molecular formula is C66H70N4O. The summed E-state index contributed by atoms with van der Waals surface area (Å²) in [5.41, 5.74) is -36.5. The Labute approximate surface area is 484 Å². The van der Waals surface area contributed by atoms with Crippen molar-refractivity contribution >= 4 is 21.8 Å². The van der Waals surface area contributed by atoms with E-state index in [1.54, 1.807) is 24.4 Å². The summed E-state index contributed by atoms with van der Waals surface area (Å²) in [6.45, 7) is -39.3. The van der Waals surface area contributed by atoms with E-state index < -0.39 is 219 Å². The third-order valence-corrected chi connectivity index (χ3v) is 12.5. The highest BCUT2D eigenvalue weighted by Gasteiger charge is 2.39. The van der Waals surface area contributed by atoms with Crippen LogP contribution in [0.2, 0.25) is 0 Å². The molecule has 0 unspecified atom stereocenters. The van der Waals surface area contributed by atoms with E-state index in [0.29, 0.717) is 39.5 Å². The van der Waals surface area contributed by atoms with Gasteiger partial charge in [0.1, 0.15) is 17.3 Å². The maximum Gasteiger partial charge on any atom is 0.269 e. The Balaban J connectivity index is 1.37. The van der Waals surface area contributed by atoms with E-state index in [9.17, 15) is 27.4 Å². The van der Waals surface area contributed by atoms with Gasteiger partial charge in [0.2, 0.25) is 0 Å². The van der Waals surface area contributed by atoms with E-state index in [0.717, 1.165) is 28.6 Å². The van der Waals surface area contributed by atoms with Crippen LogP contribution in [0, 0.1) is 20.0 Å². The average molecular weight is 980 g/mol. The number of pyridine rings is 1. The number of imidazole rings is 1. The Morgan fingerprint density at radius 3 is 1.86 bits per heavy atom. The quantitative estimate of drug-likeness (QED) is 0.118. The minimum Gasteiger partial charge on any atom is -0.458 e. The fraction of sp³-hybridized carbons (Fsp3) is 0.333. The van der Waals surface area contributed by atoms with Crippen LogP contribution in [0.15, 0.2) is 140 Å². The van der Waals surface area contributed by atoms with Crippen LogP contribution in [0.3, 0.4) is 0 Å². The van der Waals surface area contributed by atoms with Gasteiger partial charge in [-0.3, -0.25) is 13.7 Å². The monoisotopic (exact) mass is 979 g/mol. The molecule has 0 spiro atoms. The van der Waals surface area contributed by atoms with Crippen LogP contribution in [-0.2, 0) is 27.1 Å². The lowest BCUT2D eigenvalue weighted by atomic mass is 9.62. The van der Waals surface area contributed by atoms with Crippen LogP contribution in [0.5, 0.6) is 11.5 Å². The van der Waals surface area contributed by atoms with Gasteiger partial charge >= 0.3 is 0 Å². The molecule has 2 aliphatic rings. The summed E-state index contributed by atoms with van der Waals surface area (Å²) in [4.78, 5) is 4.71. The molecule has 3 heterocycles. The molecule has 0 fully saturated rings. The van der Waals surface area contributed by atoms with Crippen LogP contribution in [0.4, 0.5) is 0 Å². The topological polar surface area (TPSA) is 35.9 Å². The minimum absolute atomic E-state index is 0.0952. The smallest absolute Gasteiger partial charge is 0.269 e. The fourth-order valence-electron chi connectivity index (χ4n) is 8.87. The normalized spacial score (nSPS) is 30.5. The van der Waals surface area contributed by atoms with Crippen molar-refractivity contribution in [3.8, 4) is 50.9 Å². The lowest BCUT2D eigenvalue weighted by molar-refractivity contribution is -0.604. The molecular weight excluding hydrogens is 865 g/mol. The van der Waals surface area contributed by atoms with Crippen molar-refractivity contribution in [1.29, 1.82) is 0 Å². The van der Waals surface area contributed by atoms with Crippen molar-refractivity contribution in [3.63, 3.8) is 0 Å². The van der Waals surface area contributed by atoms with Crippen LogP contribution in [0.25, 0.3) is 61.3 Å². The van der Waals surface area contributed by atoms with Crippen LogP contribution in [0.1, 0.15) is 201 Å². The number of fused-ring (bicyclic) bond motifs is 5. The summed E-state index contributed by atoms with van der Waals surface area (Å²) in [5.74, 6) is 0.417. The molecule has 2 aliphatic carbocycles. The number of ether oxygens (including phenoxy) is 1. The zero-order chi connectivity index (χ0) is 87.4. The maximum absolute atomic E-state index is 10.3. The Bertz CT molecular complexity index is 5220. The summed E-state index contributed by atoms with van der Waals surface area (Å²) in [7, 11) is 0. The second-order valence-electron chi connectivity index (χ2n) is 18.5. The summed E-state index contributed by atoms with van der Waals surface area (Å²) in [6.07, 6.45) is -15.6. The standard InChI is InChI=1S/C66H70N4O/c1-42-43(2)69(41-68(42)47-18-16-19-48(39-47)71-49-26-27-53-52-20-14-15-23-58(52)70(59(53)40-49)60-38-46(30-35-67-60)62(3,4)5)61-50(44-24-28-54-56(36-44)65(10,11)33-31-63(54,6)7)21-17-22-51(61)45-25-29-55-57(37-45)66(12,13)34-32-64(55,8)9/h14-30,35-40H,31-34H2,1-13H3/i1D3,2D3,6D3,7D3,8D3,9D3,10D3,11D3,12D3,13D3,24D,25D,28D,29D,31D2,32D2,33D2,34D2,36D,37D. The molecule has 0 saturated carbocycles. The summed E-state index contributed by atoms with van der Waals surface area (Å²) in [6, 6.07) is 11.1. The molecule has 9 aromatic rings. The van der Waals surface area contributed by atoms with Gasteiger partial charge in [0, 0.05) is 75.1 Å². The number of rotatable bonds is 7. The SMILES string of the molecule is [2H]c1c([2H])c2c(c([2H])c1-c1cccc(-c3c([2H])c([2H])c4c(c3[2H])C(C([2H])([2H])[2H])(C([2H])([2H])[2H])C([2H])([2H])C([2H])([2H])C4(C([2H])([2H])[2H])C([2H])([2H])[2H])c1-[n+]1[c-]n(-c3cccc(Oc4ccc5c6ccccc6n(-c6cc(C(C)(C)C)ccn6)c5c4)c3)c(C([2H])([2H])[2H])c1C([2H])([2H])[2H])C(C([2H])([2H])[2H])(C([2H])([2H])[2H])C([2H])([2H])C([2H])([2H])C2(C([2H])([2H])[2H])C([2H])([2H])[2H]. The highest BCUT2D eigenvalue weighted by Crippen LogP contribution is 2.50. The molecule has 0 N–H and O–H groups in total. The minimum atomic E-state index is -4.99. The molecule has 360 valence electrons. The predicted octanol–water partition coefficient (Wildman–Crippen LogP) is 16.8. The zero-order valence-corrected chi connectivity index (χ0v) is 38.0. The number of aromatic nitrogens is 4. The van der Waals surface area contributed by atoms with E-state index in [1.807, 2.05) is 61.7 Å². The largest absolute Gasteiger partial charge is 0.458 e. The highest BCUT2D eigenvalue weighted by molar-refractivity contribution is 6.09. The number of para-hydroxylation sites is 2. The van der Waals surface area contributed by atoms with Crippen LogP contribution < -0.4 is 9.30 Å². The maximum atomic E-state index is 10.3. The second kappa shape index (κ2) is 16.4. The van der Waals surface area contributed by atoms with Crippen molar-refractivity contribution in [2.75, 3.05) is 0 Å². The number of hydrogen-bond donors (Lipinski definition) is 0. The van der Waals surface area contributed by atoms with Gasteiger partial charge in [-0.05, 0) is 165 Å². The first-order valence-electron chi connectivity index (χ1n) is 44.0. The number of hydrogen-bond acceptors (Lipinski definition) is 2. The molecule has 3 aromatic heterocycles. The van der Waals surface area contributed by atoms with Crippen molar-refractivity contribution < 1.29 is 69.6 Å². The van der Waals surface area contributed by atoms with Crippen molar-refractivity contribution in [1.82, 2.24) is 14.1 Å². The zero-order valence-electron chi connectivity index (χ0n) is 82.0. The lowest BCUT2D eigenvalue weighted by Crippen LogP contribution is -2.35. The average Bonchev–Trinajstić information content (AvgIpc) is 1.19. The molecule has 0 saturated heterocycles. The summed E-state index contributed by atoms with van der Waals surface area (Å²) >= 11 is 0. The Morgan fingerprint density at radius 1 is 0.634 bits per heavy atom. The molecule has 5 heteroatoms. The molecule has 0 bridgehead atoms. The Kier molecular flexibility index (Phi) is 4.25. The summed E-state index contributed by atoms with van der Waals surface area (Å²) in [5, 5.41) is 1.51. The van der Waals surface area contributed by atoms with Gasteiger partial charge in [-0.15, -0.1) is 0 Å². The third kappa shape index (κ3) is 7.91. The first-order chi connectivity index (χ1) is 51.6. The lowest BCUT2D eigenvalue weighted by Gasteiger charge is -2.42. The number of benzene rings is 6. The molecule has 0 aliphatic heterocycles. The van der Waals surface area contributed by atoms with E-state index in [1.165, 1.54) is 12.1 Å². The van der Waals surface area contributed by atoms with Gasteiger partial charge in [-0.1, -0.05) is 154 Å². The highest BCUT2D eigenvalue weighted by atomic mass is 16.5. The van der Waals surface area contributed by atoms with E-state index in [-0.39, 0.29) is 21.5 Å². The predicted molar refractivity (Wildman–Crippen MR) is 294 cm³/mol. The van der Waals surface area contributed by atoms with Gasteiger partial charge in [0.15, 0.2) is 0 Å². The molecule has 0 amide bonds. The summed E-state index contributed by atoms with van der Waals surface area (Å²) < 4.78 is 416. The molecule has 71 heavy (non-hydrogen) atoms. The Morgan fingerprint density at radius 2 is 1.24 bits per heavy atom. The first-order valence-corrected chi connectivity index (χ1v) is 22.0. The van der Waals surface area contributed by atoms with Gasteiger partial charge in [-0.2, -0.15) is 0 Å². The van der Waals surface area contributed by atoms with Gasteiger partial charge in [0.05, 0.1) is 42.0 Å². The van der Waals surface area contributed by atoms with Gasteiger partial charge in [0.25, 0.3) is 6.33 Å². The van der Waals surface area contributed by atoms with Gasteiger partial charge < -0.3 is 4.74 Å². The molecule has 11 rings (SSSR count). The first kappa shape index (κ1) is 18.4.